The molecule has 1 fully saturated rings. The first kappa shape index (κ1) is 25.5. The van der Waals surface area contributed by atoms with Crippen LogP contribution >= 0.6 is 0 Å². The molecule has 2 aliphatic heterocycles. The second kappa shape index (κ2) is 9.60. The molecular weight excluding hydrogens is 521 g/mol. The van der Waals surface area contributed by atoms with Gasteiger partial charge in [-0.1, -0.05) is 17.3 Å². The molecule has 2 aromatic carbocycles. The van der Waals surface area contributed by atoms with Gasteiger partial charge in [-0.2, -0.15) is 13.2 Å². The number of ether oxygens (including phenoxy) is 1. The number of nitrogens with one attached hydrogen (secondary N) is 1. The molecule has 7 nitrogen and oxygen atoms in total. The predicted molar refractivity (Wildman–Crippen MR) is 121 cm³/mol. The summed E-state index contributed by atoms with van der Waals surface area (Å²) in [5, 5.41) is 3.45. The zero-order valence-corrected chi connectivity index (χ0v) is 20.0. The van der Waals surface area contributed by atoms with Crippen molar-refractivity contribution in [2.75, 3.05) is 17.9 Å². The van der Waals surface area contributed by atoms with Gasteiger partial charge in [0.1, 0.15) is 28.5 Å². The number of hydrogen-bond donors (Lipinski definition) is 1. The molecule has 3 aromatic rings. The van der Waals surface area contributed by atoms with Crippen molar-refractivity contribution in [2.45, 2.75) is 42.4 Å². The Morgan fingerprint density at radius 1 is 1.03 bits per heavy atom. The maximum absolute atomic E-state index is 15.2. The topological polar surface area (TPSA) is 84.7 Å². The summed E-state index contributed by atoms with van der Waals surface area (Å²) in [6, 6.07) is 7.42. The first-order valence-electron chi connectivity index (χ1n) is 11.5. The fourth-order valence-corrected chi connectivity index (χ4v) is 6.11. The number of aromatic nitrogens is 1. The van der Waals surface area contributed by atoms with E-state index in [0.717, 1.165) is 18.4 Å². The Morgan fingerprint density at radius 3 is 2.46 bits per heavy atom. The van der Waals surface area contributed by atoms with Crippen molar-refractivity contribution in [3.63, 3.8) is 0 Å². The highest BCUT2D eigenvalue weighted by atomic mass is 32.2. The van der Waals surface area contributed by atoms with E-state index in [1.54, 1.807) is 0 Å². The highest BCUT2D eigenvalue weighted by Crippen LogP contribution is 2.48. The van der Waals surface area contributed by atoms with Crippen LogP contribution in [0.4, 0.5) is 27.8 Å². The standard InChI is InChI=1S/C24H22F5N3O4S/c25-16-3-1-14(2-4-16)20-11-15(24(27,28)29)5-8-32(20)19-6-9-35-21-13-22(18(26)12-17(19)21)37(33,34)31-23-7-10-36-30-23/h1-4,7,10,12-13,15,19-20H,5-6,8-9,11H2,(H,30,31)/t15?,19-,20-/m0/s1. The van der Waals surface area contributed by atoms with Gasteiger partial charge in [-0.3, -0.25) is 9.62 Å². The summed E-state index contributed by atoms with van der Waals surface area (Å²) in [5.41, 5.74) is 0.849. The number of rotatable bonds is 5. The maximum atomic E-state index is 15.2. The lowest BCUT2D eigenvalue weighted by atomic mass is 9.84. The quantitative estimate of drug-likeness (QED) is 0.423. The van der Waals surface area contributed by atoms with Crippen LogP contribution in [0.3, 0.4) is 0 Å². The average molecular weight is 544 g/mol. The molecule has 3 atom stereocenters. The Bertz CT molecular complexity index is 1360. The second-order valence-corrected chi connectivity index (χ2v) is 10.7. The Hall–Kier alpha value is -3.19. The summed E-state index contributed by atoms with van der Waals surface area (Å²) in [7, 11) is -4.37. The van der Waals surface area contributed by atoms with E-state index in [1.807, 2.05) is 4.90 Å². The van der Waals surface area contributed by atoms with Gasteiger partial charge in [-0.25, -0.2) is 17.2 Å². The molecule has 0 aliphatic carbocycles. The van der Waals surface area contributed by atoms with Crippen molar-refractivity contribution in [1.29, 1.82) is 0 Å². The Labute approximate surface area is 209 Å². The van der Waals surface area contributed by atoms with Gasteiger partial charge in [-0.05, 0) is 43.1 Å². The molecule has 3 heterocycles. The lowest BCUT2D eigenvalue weighted by Gasteiger charge is -2.46. The van der Waals surface area contributed by atoms with E-state index < -0.39 is 50.7 Å². The molecular formula is C24H22F5N3O4S. The van der Waals surface area contributed by atoms with Gasteiger partial charge in [0, 0.05) is 36.2 Å². The number of benzene rings is 2. The minimum atomic E-state index is -4.38. The normalized spacial score (nSPS) is 22.8. The molecule has 13 heteroatoms. The van der Waals surface area contributed by atoms with E-state index in [-0.39, 0.29) is 37.6 Å². The van der Waals surface area contributed by atoms with Gasteiger partial charge in [-0.15, -0.1) is 0 Å². The zero-order chi connectivity index (χ0) is 26.4. The van der Waals surface area contributed by atoms with Gasteiger partial charge in [0.2, 0.25) is 0 Å². The van der Waals surface area contributed by atoms with Gasteiger partial charge < -0.3 is 9.26 Å². The monoisotopic (exact) mass is 543 g/mol. The summed E-state index contributed by atoms with van der Waals surface area (Å²) >= 11 is 0. The van der Waals surface area contributed by atoms with Crippen LogP contribution < -0.4 is 9.46 Å². The van der Waals surface area contributed by atoms with E-state index in [0.29, 0.717) is 17.5 Å². The molecule has 198 valence electrons. The van der Waals surface area contributed by atoms with Crippen LogP contribution in [0.1, 0.15) is 42.5 Å². The fraction of sp³-hybridized carbons (Fsp3) is 0.375. The van der Waals surface area contributed by atoms with Gasteiger partial charge in [0.05, 0.1) is 12.5 Å². The van der Waals surface area contributed by atoms with Crippen LogP contribution in [0.5, 0.6) is 5.75 Å². The number of hydrogen-bond acceptors (Lipinski definition) is 6. The second-order valence-electron chi connectivity index (χ2n) is 9.03. The van der Waals surface area contributed by atoms with Crippen LogP contribution in [-0.4, -0.2) is 37.8 Å². The number of halogens is 5. The minimum absolute atomic E-state index is 0.0612. The number of alkyl halides is 3. The van der Waals surface area contributed by atoms with E-state index in [9.17, 15) is 26.0 Å². The number of fused-ring (bicyclic) bond motifs is 1. The number of likely N-dealkylation sites (tertiary alicyclic amines) is 1. The Morgan fingerprint density at radius 2 is 1.78 bits per heavy atom. The van der Waals surface area contributed by atoms with Crippen molar-refractivity contribution in [1.82, 2.24) is 10.1 Å². The highest BCUT2D eigenvalue weighted by molar-refractivity contribution is 7.92. The van der Waals surface area contributed by atoms with Crippen LogP contribution in [0, 0.1) is 17.6 Å². The Balaban J connectivity index is 1.50. The van der Waals surface area contributed by atoms with Crippen LogP contribution in [0.15, 0.2) is 58.1 Å². The minimum Gasteiger partial charge on any atom is -0.493 e. The van der Waals surface area contributed by atoms with Crippen molar-refractivity contribution < 1.29 is 39.6 Å². The SMILES string of the molecule is O=S(=O)(Nc1ccon1)c1cc2c(cc1F)[C@@H](N1CCC(C(F)(F)F)C[C@H]1c1ccc(F)cc1)CCO2. The third-order valence-corrected chi connectivity index (χ3v) is 8.17. The number of nitrogens with zero attached hydrogens (tertiary/aromatic N) is 2. The largest absolute Gasteiger partial charge is 0.493 e. The number of sulfonamides is 1. The Kier molecular flexibility index (Phi) is 6.61. The summed E-state index contributed by atoms with van der Waals surface area (Å²) in [5.74, 6) is -3.11. The first-order chi connectivity index (χ1) is 17.5. The van der Waals surface area contributed by atoms with Gasteiger partial charge in [0.15, 0.2) is 5.82 Å². The molecule has 1 saturated heterocycles. The molecule has 1 aromatic heterocycles. The smallest absolute Gasteiger partial charge is 0.391 e. The van der Waals surface area contributed by atoms with Gasteiger partial charge in [0.25, 0.3) is 10.0 Å². The lowest BCUT2D eigenvalue weighted by Crippen LogP contribution is -2.44. The van der Waals surface area contributed by atoms with Crippen molar-refractivity contribution in [3.8, 4) is 5.75 Å². The summed E-state index contributed by atoms with van der Waals surface area (Å²) in [6.07, 6.45) is -3.27. The van der Waals surface area contributed by atoms with E-state index in [4.69, 9.17) is 4.74 Å². The van der Waals surface area contributed by atoms with Crippen LogP contribution in [-0.2, 0) is 10.0 Å². The molecule has 0 spiro atoms. The third kappa shape index (κ3) is 5.14. The number of piperidine rings is 1. The van der Waals surface area contributed by atoms with Crippen molar-refractivity contribution in [2.24, 2.45) is 5.92 Å². The van der Waals surface area contributed by atoms with E-state index in [1.165, 1.54) is 30.3 Å². The fourth-order valence-electron chi connectivity index (χ4n) is 5.05. The summed E-state index contributed by atoms with van der Waals surface area (Å²) in [6.45, 7) is 0.209. The molecule has 0 amide bonds. The third-order valence-electron chi connectivity index (χ3n) is 6.80. The number of anilines is 1. The predicted octanol–water partition coefficient (Wildman–Crippen LogP) is 5.59. The summed E-state index contributed by atoms with van der Waals surface area (Å²) in [4.78, 5) is 1.18. The highest BCUT2D eigenvalue weighted by Gasteiger charge is 2.46. The van der Waals surface area contributed by atoms with Crippen LogP contribution in [0.25, 0.3) is 0 Å². The van der Waals surface area contributed by atoms with Crippen molar-refractivity contribution in [3.05, 3.63) is 71.5 Å². The lowest BCUT2D eigenvalue weighted by molar-refractivity contribution is -0.192. The van der Waals surface area contributed by atoms with Crippen molar-refractivity contribution >= 4 is 15.8 Å². The van der Waals surface area contributed by atoms with E-state index in [2.05, 4.69) is 14.4 Å². The molecule has 1 unspecified atom stereocenters. The average Bonchev–Trinajstić information content (AvgIpc) is 3.35. The molecule has 2 aliphatic rings. The molecule has 1 N–H and O–H groups in total. The molecule has 37 heavy (non-hydrogen) atoms. The maximum Gasteiger partial charge on any atom is 0.391 e. The van der Waals surface area contributed by atoms with Gasteiger partial charge >= 0.3 is 6.18 Å². The summed E-state index contributed by atoms with van der Waals surface area (Å²) < 4.78 is 107. The molecule has 5 rings (SSSR count). The molecule has 0 saturated carbocycles. The van der Waals surface area contributed by atoms with Crippen LogP contribution in [0.2, 0.25) is 0 Å². The molecule has 0 radical (unpaired) electrons. The molecule has 0 bridgehead atoms. The zero-order valence-electron chi connectivity index (χ0n) is 19.2. The first-order valence-corrected chi connectivity index (χ1v) is 13.0. The van der Waals surface area contributed by atoms with E-state index >= 15 is 4.39 Å².